The highest BCUT2D eigenvalue weighted by molar-refractivity contribution is 5.12. The zero-order valence-electron chi connectivity index (χ0n) is 14.1. The molecule has 2 nitrogen and oxygen atoms in total. The van der Waals surface area contributed by atoms with E-state index in [2.05, 4.69) is 18.7 Å². The van der Waals surface area contributed by atoms with Crippen LogP contribution in [0.3, 0.4) is 0 Å². The average molecular weight is 303 g/mol. The van der Waals surface area contributed by atoms with Crippen LogP contribution in [0.2, 0.25) is 0 Å². The van der Waals surface area contributed by atoms with Crippen LogP contribution in [0.15, 0.2) is 0 Å². The molecule has 3 aliphatic rings. The molecule has 4 heteroatoms. The molecule has 0 aromatic carbocycles. The summed E-state index contributed by atoms with van der Waals surface area (Å²) in [7, 11) is 0. The highest BCUT2D eigenvalue weighted by Crippen LogP contribution is 2.66. The minimum atomic E-state index is -2.36. The van der Waals surface area contributed by atoms with Gasteiger partial charge in [-0.1, -0.05) is 13.8 Å². The van der Waals surface area contributed by atoms with Crippen molar-refractivity contribution >= 4 is 0 Å². The molecule has 0 bridgehead atoms. The summed E-state index contributed by atoms with van der Waals surface area (Å²) in [4.78, 5) is 2.39. The summed E-state index contributed by atoms with van der Waals surface area (Å²) in [6.07, 6.45) is 4.25. The van der Waals surface area contributed by atoms with E-state index >= 15 is 0 Å². The molecular formula is C17H31F2NO. The second kappa shape index (κ2) is 6.11. The van der Waals surface area contributed by atoms with E-state index < -0.39 is 11.3 Å². The Labute approximate surface area is 128 Å². The molecule has 0 aromatic heterocycles. The van der Waals surface area contributed by atoms with E-state index in [9.17, 15) is 8.78 Å². The van der Waals surface area contributed by atoms with Crippen molar-refractivity contribution < 1.29 is 13.5 Å². The van der Waals surface area contributed by atoms with E-state index in [4.69, 9.17) is 4.74 Å². The smallest absolute Gasteiger partial charge is 0.254 e. The van der Waals surface area contributed by atoms with Crippen LogP contribution in [-0.2, 0) is 4.74 Å². The van der Waals surface area contributed by atoms with Gasteiger partial charge in [0.25, 0.3) is 5.92 Å². The number of likely N-dealkylation sites (tertiary alicyclic amines) is 1. The first-order chi connectivity index (χ1) is 9.87. The summed E-state index contributed by atoms with van der Waals surface area (Å²) < 4.78 is 32.4. The normalized spacial score (nSPS) is 28.1. The van der Waals surface area contributed by atoms with Gasteiger partial charge in [0.15, 0.2) is 0 Å². The topological polar surface area (TPSA) is 12.5 Å². The first-order valence-corrected chi connectivity index (χ1v) is 8.58. The number of hydrogen-bond acceptors (Lipinski definition) is 2. The molecule has 3 fully saturated rings. The molecule has 1 saturated heterocycles. The lowest BCUT2D eigenvalue weighted by Crippen LogP contribution is -2.41. The minimum absolute atomic E-state index is 0.134. The van der Waals surface area contributed by atoms with Crippen molar-refractivity contribution in [2.24, 2.45) is 10.8 Å². The number of ether oxygens (including phenoxy) is 1. The van der Waals surface area contributed by atoms with Crippen LogP contribution in [0.5, 0.6) is 0 Å². The van der Waals surface area contributed by atoms with E-state index in [1.807, 2.05) is 13.8 Å². The van der Waals surface area contributed by atoms with Gasteiger partial charge in [0, 0.05) is 23.8 Å². The van der Waals surface area contributed by atoms with Gasteiger partial charge in [-0.05, 0) is 52.6 Å². The lowest BCUT2D eigenvalue weighted by molar-refractivity contribution is 0.00852. The average Bonchev–Trinajstić information content (AvgIpc) is 3.31. The minimum Gasteiger partial charge on any atom is -0.378 e. The van der Waals surface area contributed by atoms with Crippen LogP contribution in [0.25, 0.3) is 0 Å². The Morgan fingerprint density at radius 1 is 1.05 bits per heavy atom. The van der Waals surface area contributed by atoms with Gasteiger partial charge in [-0.3, -0.25) is 0 Å². The fourth-order valence-electron chi connectivity index (χ4n) is 3.41. The second-order valence-corrected chi connectivity index (χ2v) is 7.30. The van der Waals surface area contributed by atoms with Crippen LogP contribution >= 0.6 is 0 Å². The van der Waals surface area contributed by atoms with E-state index in [1.54, 1.807) is 0 Å². The Morgan fingerprint density at radius 3 is 1.95 bits per heavy atom. The molecule has 1 spiro atoms. The van der Waals surface area contributed by atoms with Crippen molar-refractivity contribution in [1.82, 2.24) is 4.90 Å². The maximum atomic E-state index is 13.3. The van der Waals surface area contributed by atoms with Crippen molar-refractivity contribution in [3.8, 4) is 0 Å². The van der Waals surface area contributed by atoms with Crippen molar-refractivity contribution in [3.05, 3.63) is 0 Å². The van der Waals surface area contributed by atoms with Gasteiger partial charge in [-0.15, -0.1) is 0 Å². The zero-order chi connectivity index (χ0) is 15.7. The molecule has 124 valence electrons. The predicted octanol–water partition coefficient (Wildman–Crippen LogP) is 4.34. The Kier molecular flexibility index (Phi) is 4.99. The van der Waals surface area contributed by atoms with Gasteiger partial charge < -0.3 is 9.64 Å². The summed E-state index contributed by atoms with van der Waals surface area (Å²) in [6.45, 7) is 11.7. The van der Waals surface area contributed by atoms with Gasteiger partial charge in [0.1, 0.15) is 0 Å². The van der Waals surface area contributed by atoms with Gasteiger partial charge in [0.05, 0.1) is 12.7 Å². The van der Waals surface area contributed by atoms with E-state index in [1.165, 1.54) is 12.8 Å². The van der Waals surface area contributed by atoms with Crippen LogP contribution in [-0.4, -0.2) is 43.2 Å². The van der Waals surface area contributed by atoms with E-state index in [0.29, 0.717) is 18.3 Å². The molecule has 0 atom stereocenters. The number of rotatable bonds is 5. The third-order valence-corrected chi connectivity index (χ3v) is 5.26. The van der Waals surface area contributed by atoms with Crippen molar-refractivity contribution in [3.63, 3.8) is 0 Å². The summed E-state index contributed by atoms with van der Waals surface area (Å²) >= 11 is 0. The molecule has 21 heavy (non-hydrogen) atoms. The molecule has 0 N–H and O–H groups in total. The largest absolute Gasteiger partial charge is 0.378 e. The van der Waals surface area contributed by atoms with Crippen molar-refractivity contribution in [1.29, 1.82) is 0 Å². The molecular weight excluding hydrogens is 272 g/mol. The fourth-order valence-corrected chi connectivity index (χ4v) is 3.41. The number of alkyl halides is 2. The quantitative estimate of drug-likeness (QED) is 0.749. The molecule has 2 saturated carbocycles. The number of halogens is 2. The first-order valence-electron chi connectivity index (χ1n) is 8.58. The third kappa shape index (κ3) is 3.76. The molecule has 3 rings (SSSR count). The van der Waals surface area contributed by atoms with Crippen molar-refractivity contribution in [2.45, 2.75) is 71.8 Å². The summed E-state index contributed by atoms with van der Waals surface area (Å²) in [5.41, 5.74) is -0.282. The maximum absolute atomic E-state index is 13.3. The van der Waals surface area contributed by atoms with Gasteiger partial charge >= 0.3 is 0 Å². The summed E-state index contributed by atoms with van der Waals surface area (Å²) in [6, 6.07) is 0. The number of hydrogen-bond donors (Lipinski definition) is 0. The first kappa shape index (κ1) is 17.1. The SMILES string of the molecule is CC.CC(C)OCC1(CN2CCC3(CC2)CC3(F)F)CC1. The monoisotopic (exact) mass is 303 g/mol. The highest BCUT2D eigenvalue weighted by atomic mass is 19.3. The standard InChI is InChI=1S/C15H25F2NO.C2H6/c1-12(2)19-11-13(3-4-13)10-18-7-5-14(6-8-18)9-15(14,16)17;1-2/h12H,3-11H2,1-2H3;1-2H3. The number of piperidine rings is 1. The highest BCUT2D eigenvalue weighted by Gasteiger charge is 2.70. The molecule has 0 unspecified atom stereocenters. The fraction of sp³-hybridized carbons (Fsp3) is 1.00. The number of nitrogens with zero attached hydrogens (tertiary/aromatic N) is 1. The molecule has 1 aliphatic heterocycles. The van der Waals surface area contributed by atoms with Gasteiger partial charge in [0.2, 0.25) is 0 Å². The van der Waals surface area contributed by atoms with Gasteiger partial charge in [-0.25, -0.2) is 8.78 Å². The summed E-state index contributed by atoms with van der Waals surface area (Å²) in [5.74, 6) is -2.36. The predicted molar refractivity (Wildman–Crippen MR) is 81.8 cm³/mol. The molecule has 0 amide bonds. The lowest BCUT2D eigenvalue weighted by atomic mass is 9.92. The Morgan fingerprint density at radius 2 is 1.57 bits per heavy atom. The Hall–Kier alpha value is -0.220. The van der Waals surface area contributed by atoms with E-state index in [0.717, 1.165) is 26.2 Å². The van der Waals surface area contributed by atoms with Crippen LogP contribution < -0.4 is 0 Å². The van der Waals surface area contributed by atoms with Crippen LogP contribution in [0.4, 0.5) is 8.78 Å². The maximum Gasteiger partial charge on any atom is 0.254 e. The molecule has 0 radical (unpaired) electrons. The zero-order valence-corrected chi connectivity index (χ0v) is 14.1. The van der Waals surface area contributed by atoms with E-state index in [-0.39, 0.29) is 12.5 Å². The molecule has 0 aromatic rings. The summed E-state index contributed by atoms with van der Waals surface area (Å²) in [5, 5.41) is 0. The van der Waals surface area contributed by atoms with Crippen LogP contribution in [0, 0.1) is 10.8 Å². The third-order valence-electron chi connectivity index (χ3n) is 5.26. The second-order valence-electron chi connectivity index (χ2n) is 7.30. The molecule has 1 heterocycles. The Balaban J connectivity index is 0.000000774. The Bertz CT molecular complexity index is 345. The van der Waals surface area contributed by atoms with Gasteiger partial charge in [-0.2, -0.15) is 0 Å². The van der Waals surface area contributed by atoms with Crippen LogP contribution in [0.1, 0.15) is 59.8 Å². The lowest BCUT2D eigenvalue weighted by Gasteiger charge is -2.34. The molecule has 2 aliphatic carbocycles. The van der Waals surface area contributed by atoms with Crippen molar-refractivity contribution in [2.75, 3.05) is 26.2 Å².